The van der Waals surface area contributed by atoms with E-state index >= 15 is 0 Å². The number of urea groups is 1. The van der Waals surface area contributed by atoms with Crippen molar-refractivity contribution < 1.29 is 14.3 Å². The maximum atomic E-state index is 11.4. The number of carbonyl (C=O) groups is 2. The summed E-state index contributed by atoms with van der Waals surface area (Å²) < 4.78 is 5.78. The van der Waals surface area contributed by atoms with Crippen molar-refractivity contribution >= 4 is 17.6 Å². The summed E-state index contributed by atoms with van der Waals surface area (Å²) in [6, 6.07) is 14.8. The van der Waals surface area contributed by atoms with Crippen molar-refractivity contribution in [2.24, 2.45) is 0 Å². The fourth-order valence-electron chi connectivity index (χ4n) is 2.25. The predicted octanol–water partition coefficient (Wildman–Crippen LogP) is 2.13. The number of rotatable bonds is 4. The number of nitrogens with zero attached hydrogens (tertiary/aromatic N) is 1. The number of nitrogens with one attached hydrogen (secondary N) is 2. The van der Waals surface area contributed by atoms with E-state index in [2.05, 4.69) is 10.7 Å². The van der Waals surface area contributed by atoms with Gasteiger partial charge in [-0.2, -0.15) is 0 Å². The lowest BCUT2D eigenvalue weighted by atomic mass is 10.2. The lowest BCUT2D eigenvalue weighted by Gasteiger charge is -2.28. The zero-order valence-electron chi connectivity index (χ0n) is 12.7. The minimum atomic E-state index is -0.535. The normalized spacial score (nSPS) is 14.2. The maximum Gasteiger partial charge on any atom is 0.340 e. The number of aryl methyl sites for hydroxylation is 1. The van der Waals surface area contributed by atoms with Crippen LogP contribution in [0.4, 0.5) is 10.5 Å². The fraction of sp³-hybridized carbons (Fsp3) is 0.176. The minimum absolute atomic E-state index is 0.0627. The van der Waals surface area contributed by atoms with Crippen molar-refractivity contribution in [1.82, 2.24) is 10.7 Å². The van der Waals surface area contributed by atoms with Crippen LogP contribution in [0.1, 0.15) is 11.1 Å². The van der Waals surface area contributed by atoms with E-state index < -0.39 is 6.03 Å². The van der Waals surface area contributed by atoms with Gasteiger partial charge in [0.05, 0.1) is 5.69 Å². The van der Waals surface area contributed by atoms with Crippen LogP contribution in [-0.4, -0.2) is 18.5 Å². The molecular weight excluding hydrogens is 294 g/mol. The van der Waals surface area contributed by atoms with Gasteiger partial charge < -0.3 is 4.74 Å². The Kier molecular flexibility index (Phi) is 4.14. The molecule has 0 radical (unpaired) electrons. The summed E-state index contributed by atoms with van der Waals surface area (Å²) >= 11 is 0. The maximum absolute atomic E-state index is 11.4. The van der Waals surface area contributed by atoms with Crippen LogP contribution in [-0.2, 0) is 11.4 Å². The highest BCUT2D eigenvalue weighted by Crippen LogP contribution is 2.21. The molecule has 0 saturated carbocycles. The van der Waals surface area contributed by atoms with Gasteiger partial charge in [-0.15, -0.1) is 0 Å². The predicted molar refractivity (Wildman–Crippen MR) is 86.0 cm³/mol. The van der Waals surface area contributed by atoms with E-state index in [1.807, 2.05) is 43.3 Å². The second-order valence-electron chi connectivity index (χ2n) is 5.35. The molecular formula is C17H17N3O3. The Morgan fingerprint density at radius 1 is 1.13 bits per heavy atom. The average Bonchev–Trinajstić information content (AvgIpc) is 2.54. The van der Waals surface area contributed by atoms with Crippen molar-refractivity contribution in [3.8, 4) is 5.75 Å². The first-order chi connectivity index (χ1) is 11.1. The highest BCUT2D eigenvalue weighted by atomic mass is 16.5. The number of hydrogen-bond donors (Lipinski definition) is 2. The number of imide groups is 1. The van der Waals surface area contributed by atoms with E-state index in [0.717, 1.165) is 5.56 Å². The number of amides is 3. The van der Waals surface area contributed by atoms with Crippen LogP contribution in [0, 0.1) is 6.92 Å². The molecule has 0 aromatic heterocycles. The molecule has 1 saturated heterocycles. The third-order valence-electron chi connectivity index (χ3n) is 3.45. The lowest BCUT2D eigenvalue weighted by Crippen LogP contribution is -2.59. The van der Waals surface area contributed by atoms with Gasteiger partial charge in [0.2, 0.25) is 5.91 Å². The quantitative estimate of drug-likeness (QED) is 0.907. The Hall–Kier alpha value is -3.02. The molecule has 118 valence electrons. The average molecular weight is 311 g/mol. The van der Waals surface area contributed by atoms with E-state index in [0.29, 0.717) is 18.0 Å². The van der Waals surface area contributed by atoms with Gasteiger partial charge in [0.15, 0.2) is 0 Å². The fourth-order valence-corrected chi connectivity index (χ4v) is 2.25. The number of ether oxygens (including phenoxy) is 1. The summed E-state index contributed by atoms with van der Waals surface area (Å²) in [6.45, 7) is 2.56. The standard InChI is InChI=1S/C17H17N3O3/c1-12-5-7-13(8-6-12)11-23-15-4-2-3-14(9-15)20-10-16(21)18-17(22)19-20/h2-9H,10-11H2,1H3,(H2,18,19,21,22). The zero-order valence-corrected chi connectivity index (χ0v) is 12.7. The molecule has 3 rings (SSSR count). The van der Waals surface area contributed by atoms with Gasteiger partial charge in [-0.25, -0.2) is 10.2 Å². The summed E-state index contributed by atoms with van der Waals surface area (Å²) in [5, 5.41) is 3.67. The molecule has 0 unspecified atom stereocenters. The second kappa shape index (κ2) is 6.39. The van der Waals surface area contributed by atoms with Gasteiger partial charge in [0.25, 0.3) is 0 Å². The summed E-state index contributed by atoms with van der Waals surface area (Å²) in [5.41, 5.74) is 5.55. The molecule has 0 atom stereocenters. The van der Waals surface area contributed by atoms with Crippen molar-refractivity contribution in [1.29, 1.82) is 0 Å². The van der Waals surface area contributed by atoms with Gasteiger partial charge in [0.1, 0.15) is 18.9 Å². The van der Waals surface area contributed by atoms with Crippen molar-refractivity contribution in [2.45, 2.75) is 13.5 Å². The highest BCUT2D eigenvalue weighted by molar-refractivity contribution is 6.00. The third kappa shape index (κ3) is 3.79. The largest absolute Gasteiger partial charge is 0.489 e. The number of hydrogen-bond acceptors (Lipinski definition) is 4. The van der Waals surface area contributed by atoms with E-state index in [1.54, 1.807) is 12.1 Å². The monoisotopic (exact) mass is 311 g/mol. The molecule has 1 aliphatic heterocycles. The van der Waals surface area contributed by atoms with Gasteiger partial charge in [-0.1, -0.05) is 35.9 Å². The Labute approximate surface area is 134 Å². The van der Waals surface area contributed by atoms with E-state index in [4.69, 9.17) is 4.74 Å². The number of hydrazine groups is 1. The molecule has 2 N–H and O–H groups in total. The summed E-state index contributed by atoms with van der Waals surface area (Å²) in [4.78, 5) is 22.8. The molecule has 6 heteroatoms. The van der Waals surface area contributed by atoms with Gasteiger partial charge >= 0.3 is 6.03 Å². The molecule has 1 fully saturated rings. The zero-order chi connectivity index (χ0) is 16.2. The minimum Gasteiger partial charge on any atom is -0.489 e. The third-order valence-corrected chi connectivity index (χ3v) is 3.45. The Bertz CT molecular complexity index is 712. The molecule has 0 spiro atoms. The number of anilines is 1. The van der Waals surface area contributed by atoms with Gasteiger partial charge in [-0.05, 0) is 24.6 Å². The van der Waals surface area contributed by atoms with Crippen LogP contribution in [0.2, 0.25) is 0 Å². The molecule has 1 aliphatic rings. The van der Waals surface area contributed by atoms with E-state index in [9.17, 15) is 9.59 Å². The van der Waals surface area contributed by atoms with Crippen molar-refractivity contribution in [2.75, 3.05) is 11.6 Å². The molecule has 2 aromatic rings. The molecule has 0 aliphatic carbocycles. The summed E-state index contributed by atoms with van der Waals surface area (Å²) in [6.07, 6.45) is 0. The van der Waals surface area contributed by atoms with Crippen molar-refractivity contribution in [3.05, 3.63) is 59.7 Å². The van der Waals surface area contributed by atoms with Crippen LogP contribution in [0.5, 0.6) is 5.75 Å². The first-order valence-corrected chi connectivity index (χ1v) is 7.26. The van der Waals surface area contributed by atoms with Gasteiger partial charge in [-0.3, -0.25) is 15.1 Å². The van der Waals surface area contributed by atoms with E-state index in [1.165, 1.54) is 10.6 Å². The first kappa shape index (κ1) is 14.9. The number of benzene rings is 2. The molecule has 2 aromatic carbocycles. The molecule has 6 nitrogen and oxygen atoms in total. The van der Waals surface area contributed by atoms with Gasteiger partial charge in [0, 0.05) is 6.07 Å². The van der Waals surface area contributed by atoms with Crippen LogP contribution < -0.4 is 20.5 Å². The van der Waals surface area contributed by atoms with Crippen LogP contribution in [0.3, 0.4) is 0 Å². The molecule has 23 heavy (non-hydrogen) atoms. The van der Waals surface area contributed by atoms with Crippen LogP contribution >= 0.6 is 0 Å². The second-order valence-corrected chi connectivity index (χ2v) is 5.35. The van der Waals surface area contributed by atoms with Crippen LogP contribution in [0.25, 0.3) is 0 Å². The Morgan fingerprint density at radius 2 is 1.91 bits per heavy atom. The first-order valence-electron chi connectivity index (χ1n) is 7.26. The number of carbonyl (C=O) groups excluding carboxylic acids is 2. The molecule has 3 amide bonds. The Balaban J connectivity index is 1.68. The summed E-state index contributed by atoms with van der Waals surface area (Å²) in [7, 11) is 0. The summed E-state index contributed by atoms with van der Waals surface area (Å²) in [5.74, 6) is 0.322. The topological polar surface area (TPSA) is 70.7 Å². The smallest absolute Gasteiger partial charge is 0.340 e. The molecule has 1 heterocycles. The molecule has 0 bridgehead atoms. The van der Waals surface area contributed by atoms with E-state index in [-0.39, 0.29) is 12.5 Å². The lowest BCUT2D eigenvalue weighted by molar-refractivity contribution is -0.119. The Morgan fingerprint density at radius 3 is 2.65 bits per heavy atom. The van der Waals surface area contributed by atoms with Crippen molar-refractivity contribution in [3.63, 3.8) is 0 Å². The SMILES string of the molecule is Cc1ccc(COc2cccc(N3CC(=O)NC(=O)N3)c2)cc1. The highest BCUT2D eigenvalue weighted by Gasteiger charge is 2.22. The van der Waals surface area contributed by atoms with Crippen LogP contribution in [0.15, 0.2) is 48.5 Å².